The minimum atomic E-state index is -6.01. The number of aromatic nitrogens is 2. The molecule has 10 nitrogen and oxygen atoms in total. The van der Waals surface area contributed by atoms with Crippen molar-refractivity contribution in [3.63, 3.8) is 0 Å². The molecule has 0 spiro atoms. The maximum atomic E-state index is 12.6. The third-order valence-corrected chi connectivity index (χ3v) is 4.82. The number of carbonyl (C=O) groups excluding carboxylic acids is 2. The SMILES string of the molecule is CC(C)(C)OC(=O)N1Cc2c(OS(=O)(=O)C(F)(F)F)n[nH]c2CC1(C)C(=O)[O-]. The molecule has 1 aromatic rings. The molecule has 0 aliphatic carbocycles. The summed E-state index contributed by atoms with van der Waals surface area (Å²) in [5.41, 5.74) is -8.87. The quantitative estimate of drug-likeness (QED) is 0.540. The second kappa shape index (κ2) is 6.53. The number of ether oxygens (including phenoxy) is 1. The van der Waals surface area contributed by atoms with Crippen LogP contribution >= 0.6 is 0 Å². The van der Waals surface area contributed by atoms with E-state index in [2.05, 4.69) is 14.4 Å². The van der Waals surface area contributed by atoms with Gasteiger partial charge in [-0.1, -0.05) is 0 Å². The van der Waals surface area contributed by atoms with Crippen molar-refractivity contribution in [3.8, 4) is 5.88 Å². The summed E-state index contributed by atoms with van der Waals surface area (Å²) in [7, 11) is -6.01. The van der Waals surface area contributed by atoms with Gasteiger partial charge in [0, 0.05) is 12.1 Å². The van der Waals surface area contributed by atoms with E-state index in [0.29, 0.717) is 4.90 Å². The monoisotopic (exact) mass is 428 g/mol. The average Bonchev–Trinajstić information content (AvgIpc) is 2.84. The molecule has 1 aliphatic rings. The fourth-order valence-corrected chi connectivity index (χ4v) is 2.89. The van der Waals surface area contributed by atoms with E-state index in [0.717, 1.165) is 6.92 Å². The third kappa shape index (κ3) is 4.00. The zero-order valence-corrected chi connectivity index (χ0v) is 16.0. The summed E-state index contributed by atoms with van der Waals surface area (Å²) in [5, 5.41) is 17.3. The van der Waals surface area contributed by atoms with Crippen molar-refractivity contribution >= 4 is 22.2 Å². The molecule has 1 aliphatic heterocycles. The molecule has 2 rings (SSSR count). The summed E-state index contributed by atoms with van der Waals surface area (Å²) in [4.78, 5) is 24.8. The molecule has 28 heavy (non-hydrogen) atoms. The highest BCUT2D eigenvalue weighted by atomic mass is 32.2. The van der Waals surface area contributed by atoms with Crippen LogP contribution in [0.5, 0.6) is 5.88 Å². The van der Waals surface area contributed by atoms with Gasteiger partial charge in [0.15, 0.2) is 0 Å². The Morgan fingerprint density at radius 3 is 2.32 bits per heavy atom. The molecule has 1 atom stereocenters. The first kappa shape index (κ1) is 21.8. The molecular weight excluding hydrogens is 411 g/mol. The minimum Gasteiger partial charge on any atom is -0.548 e. The Hall–Kier alpha value is -2.51. The molecule has 158 valence electrons. The number of nitrogens with zero attached hydrogens (tertiary/aromatic N) is 2. The molecule has 0 saturated carbocycles. The van der Waals surface area contributed by atoms with Gasteiger partial charge in [-0.3, -0.25) is 10.00 Å². The Balaban J connectivity index is 2.45. The number of aromatic amines is 1. The van der Waals surface area contributed by atoms with E-state index in [1.165, 1.54) is 20.8 Å². The second-order valence-corrected chi connectivity index (χ2v) is 8.81. The lowest BCUT2D eigenvalue weighted by atomic mass is 9.88. The molecule has 0 radical (unpaired) electrons. The van der Waals surface area contributed by atoms with Gasteiger partial charge in [0.25, 0.3) is 5.88 Å². The fourth-order valence-electron chi connectivity index (χ4n) is 2.45. The van der Waals surface area contributed by atoms with Crippen LogP contribution in [0.1, 0.15) is 39.0 Å². The zero-order valence-electron chi connectivity index (χ0n) is 15.2. The molecule has 1 unspecified atom stereocenters. The number of carboxylic acid groups (broad SMARTS) is 1. The molecular formula is C14H17F3N3O7S-. The van der Waals surface area contributed by atoms with Crippen LogP contribution in [0, 0.1) is 0 Å². The Kier molecular flexibility index (Phi) is 5.08. The number of alkyl halides is 3. The number of halogens is 3. The number of hydrogen-bond acceptors (Lipinski definition) is 8. The lowest BCUT2D eigenvalue weighted by Gasteiger charge is -2.44. The molecule has 14 heteroatoms. The van der Waals surface area contributed by atoms with E-state index in [9.17, 15) is 36.3 Å². The minimum absolute atomic E-state index is 0.0149. The van der Waals surface area contributed by atoms with Gasteiger partial charge >= 0.3 is 21.7 Å². The number of H-pyrrole nitrogens is 1. The Morgan fingerprint density at radius 1 is 1.29 bits per heavy atom. The molecule has 0 saturated heterocycles. The number of fused-ring (bicyclic) bond motifs is 1. The standard InChI is InChI=1S/C14H18F3N3O7S/c1-12(2,3)26-11(23)20-6-7-8(5-13(20,4)10(21)22)18-19-9(7)27-28(24,25)14(15,16)17/h5-6H2,1-4H3,(H,18,19)(H,21,22)/p-1. The summed E-state index contributed by atoms with van der Waals surface area (Å²) < 4.78 is 69.3. The lowest BCUT2D eigenvalue weighted by Crippen LogP contribution is -2.63. The van der Waals surface area contributed by atoms with Gasteiger partial charge in [0.2, 0.25) is 0 Å². The van der Waals surface area contributed by atoms with Gasteiger partial charge in [0.05, 0.1) is 23.6 Å². The van der Waals surface area contributed by atoms with E-state index in [1.807, 2.05) is 0 Å². The van der Waals surface area contributed by atoms with Crippen molar-refractivity contribution in [2.45, 2.75) is 57.3 Å². The highest BCUT2D eigenvalue weighted by Crippen LogP contribution is 2.37. The summed E-state index contributed by atoms with van der Waals surface area (Å²) in [6.45, 7) is 5.10. The third-order valence-electron chi connectivity index (χ3n) is 3.87. The first-order chi connectivity index (χ1) is 12.5. The van der Waals surface area contributed by atoms with Crippen LogP contribution < -0.4 is 9.29 Å². The molecule has 2 heterocycles. The van der Waals surface area contributed by atoms with E-state index >= 15 is 0 Å². The van der Waals surface area contributed by atoms with E-state index in [1.54, 1.807) is 0 Å². The fraction of sp³-hybridized carbons (Fsp3) is 0.643. The maximum Gasteiger partial charge on any atom is 0.534 e. The second-order valence-electron chi connectivity index (χ2n) is 7.27. The summed E-state index contributed by atoms with van der Waals surface area (Å²) in [6, 6.07) is 0. The molecule has 1 amide bonds. The summed E-state index contributed by atoms with van der Waals surface area (Å²) in [5.74, 6) is -2.59. The van der Waals surface area contributed by atoms with Crippen LogP contribution in [0.15, 0.2) is 0 Å². The van der Waals surface area contributed by atoms with Crippen molar-refractivity contribution in [1.82, 2.24) is 15.1 Å². The van der Waals surface area contributed by atoms with Crippen molar-refractivity contribution in [2.75, 3.05) is 0 Å². The molecule has 0 aromatic carbocycles. The first-order valence-corrected chi connectivity index (χ1v) is 9.18. The van der Waals surface area contributed by atoms with Crippen molar-refractivity contribution < 1.29 is 45.2 Å². The highest BCUT2D eigenvalue weighted by Gasteiger charge is 2.50. The Labute approximate surface area is 157 Å². The van der Waals surface area contributed by atoms with Crippen molar-refractivity contribution in [2.24, 2.45) is 0 Å². The normalized spacial score (nSPS) is 20.5. The number of aliphatic carboxylic acids is 1. The van der Waals surface area contributed by atoms with E-state index < -0.39 is 57.7 Å². The molecule has 1 aromatic heterocycles. The number of carboxylic acids is 1. The van der Waals surface area contributed by atoms with Crippen LogP contribution in [0.25, 0.3) is 0 Å². The number of carbonyl (C=O) groups is 2. The number of hydrogen-bond donors (Lipinski definition) is 1. The van der Waals surface area contributed by atoms with Crippen LogP contribution in [-0.4, -0.2) is 52.2 Å². The summed E-state index contributed by atoms with van der Waals surface area (Å²) in [6.07, 6.45) is -1.54. The maximum absolute atomic E-state index is 12.6. The average molecular weight is 428 g/mol. The van der Waals surface area contributed by atoms with Crippen molar-refractivity contribution in [1.29, 1.82) is 0 Å². The Bertz CT molecular complexity index is 904. The van der Waals surface area contributed by atoms with Crippen LogP contribution in [0.2, 0.25) is 0 Å². The van der Waals surface area contributed by atoms with E-state index in [-0.39, 0.29) is 11.3 Å². The topological polar surface area (TPSA) is 142 Å². The smallest absolute Gasteiger partial charge is 0.534 e. The summed E-state index contributed by atoms with van der Waals surface area (Å²) >= 11 is 0. The van der Waals surface area contributed by atoms with Crippen LogP contribution in [-0.2, 0) is 32.6 Å². The zero-order chi connectivity index (χ0) is 21.7. The molecule has 0 bridgehead atoms. The lowest BCUT2D eigenvalue weighted by molar-refractivity contribution is -0.318. The van der Waals surface area contributed by atoms with Crippen LogP contribution in [0.3, 0.4) is 0 Å². The molecule has 0 fully saturated rings. The van der Waals surface area contributed by atoms with Gasteiger partial charge in [0.1, 0.15) is 5.60 Å². The first-order valence-electron chi connectivity index (χ1n) is 7.77. The Morgan fingerprint density at radius 2 is 1.86 bits per heavy atom. The largest absolute Gasteiger partial charge is 0.548 e. The van der Waals surface area contributed by atoms with Gasteiger partial charge in [-0.05, 0) is 27.7 Å². The van der Waals surface area contributed by atoms with Gasteiger partial charge in [-0.25, -0.2) is 4.79 Å². The number of amides is 1. The highest BCUT2D eigenvalue weighted by molar-refractivity contribution is 7.87. The predicted molar refractivity (Wildman–Crippen MR) is 83.1 cm³/mol. The van der Waals surface area contributed by atoms with Crippen molar-refractivity contribution in [3.05, 3.63) is 11.3 Å². The number of nitrogens with one attached hydrogen (secondary N) is 1. The van der Waals surface area contributed by atoms with E-state index in [4.69, 9.17) is 4.74 Å². The predicted octanol–water partition coefficient (Wildman–Crippen LogP) is 0.440. The van der Waals surface area contributed by atoms with Crippen LogP contribution in [0.4, 0.5) is 18.0 Å². The molecule has 1 N–H and O–H groups in total. The van der Waals surface area contributed by atoms with Gasteiger partial charge in [-0.2, -0.15) is 21.6 Å². The van der Waals surface area contributed by atoms with Gasteiger partial charge in [-0.15, -0.1) is 5.10 Å². The number of rotatable bonds is 3. The van der Waals surface area contributed by atoms with Gasteiger partial charge < -0.3 is 18.8 Å².